The Morgan fingerprint density at radius 2 is 2.00 bits per heavy atom. The number of amides is 2. The number of halogens is 1. The number of benzene rings is 1. The molecule has 1 aromatic heterocycles. The van der Waals surface area contributed by atoms with E-state index in [0.29, 0.717) is 32.4 Å². The molecule has 1 aliphatic heterocycles. The maximum Gasteiger partial charge on any atom is 0.255 e. The molecule has 0 aliphatic carbocycles. The van der Waals surface area contributed by atoms with Crippen molar-refractivity contribution in [3.63, 3.8) is 0 Å². The third-order valence-electron chi connectivity index (χ3n) is 3.92. The maximum absolute atomic E-state index is 13.5. The highest BCUT2D eigenvalue weighted by Gasteiger charge is 2.14. The van der Waals surface area contributed by atoms with Crippen molar-refractivity contribution in [2.45, 2.75) is 25.8 Å². The lowest BCUT2D eigenvalue weighted by Crippen LogP contribution is -2.34. The maximum atomic E-state index is 13.5. The van der Waals surface area contributed by atoms with Crippen LogP contribution in [0.5, 0.6) is 5.75 Å². The molecule has 1 aliphatic rings. The van der Waals surface area contributed by atoms with Gasteiger partial charge in [0, 0.05) is 25.7 Å². The average molecular weight is 361 g/mol. The zero-order valence-electron chi connectivity index (χ0n) is 14.2. The second kappa shape index (κ2) is 8.41. The summed E-state index contributed by atoms with van der Waals surface area (Å²) in [5.41, 5.74) is 0.918. The minimum absolute atomic E-state index is 0.0919. The van der Waals surface area contributed by atoms with Crippen LogP contribution >= 0.6 is 0 Å². The summed E-state index contributed by atoms with van der Waals surface area (Å²) < 4.78 is 20.8. The summed E-state index contributed by atoms with van der Waals surface area (Å²) in [4.78, 5) is 24.1. The first kappa shape index (κ1) is 17.8. The molecule has 138 valence electrons. The summed E-state index contributed by atoms with van der Waals surface area (Å²) in [7, 11) is 0. The molecule has 3 rings (SSSR count). The predicted molar refractivity (Wildman–Crippen MR) is 90.2 cm³/mol. The molecular weight excluding hydrogens is 341 g/mol. The Bertz CT molecular complexity index is 792. The number of nitrogens with one attached hydrogen (secondary N) is 2. The SMILES string of the molecule is O=C1CCCc2cn(nn2)CCOc2ccc(F)cc2C(=O)NCCN1. The Balaban J connectivity index is 1.75. The van der Waals surface area contributed by atoms with Crippen LogP contribution in [0.15, 0.2) is 24.4 Å². The van der Waals surface area contributed by atoms with Crippen LogP contribution in [0.4, 0.5) is 4.39 Å². The van der Waals surface area contributed by atoms with E-state index < -0.39 is 11.7 Å². The molecule has 0 unspecified atom stereocenters. The summed E-state index contributed by atoms with van der Waals surface area (Å²) in [6, 6.07) is 3.79. The van der Waals surface area contributed by atoms with Gasteiger partial charge in [0.25, 0.3) is 5.91 Å². The number of ether oxygens (including phenoxy) is 1. The first-order valence-electron chi connectivity index (χ1n) is 8.48. The number of aromatic nitrogens is 3. The second-order valence-corrected chi connectivity index (χ2v) is 5.92. The summed E-state index contributed by atoms with van der Waals surface area (Å²) in [5, 5.41) is 13.5. The van der Waals surface area contributed by atoms with Gasteiger partial charge in [0.15, 0.2) is 0 Å². The van der Waals surface area contributed by atoms with Gasteiger partial charge in [-0.2, -0.15) is 0 Å². The molecule has 2 bridgehead atoms. The van der Waals surface area contributed by atoms with Crippen molar-refractivity contribution < 1.29 is 18.7 Å². The first-order valence-corrected chi connectivity index (χ1v) is 8.48. The Hall–Kier alpha value is -2.97. The second-order valence-electron chi connectivity index (χ2n) is 5.92. The number of nitrogens with zero attached hydrogens (tertiary/aromatic N) is 3. The van der Waals surface area contributed by atoms with Crippen LogP contribution < -0.4 is 15.4 Å². The van der Waals surface area contributed by atoms with E-state index in [2.05, 4.69) is 20.9 Å². The lowest BCUT2D eigenvalue weighted by molar-refractivity contribution is -0.121. The lowest BCUT2D eigenvalue weighted by atomic mass is 10.2. The molecule has 2 heterocycles. The number of hydrogen-bond donors (Lipinski definition) is 2. The van der Waals surface area contributed by atoms with Crippen molar-refractivity contribution in [2.24, 2.45) is 0 Å². The summed E-state index contributed by atoms with van der Waals surface area (Å²) in [6.07, 6.45) is 3.50. The molecule has 26 heavy (non-hydrogen) atoms. The van der Waals surface area contributed by atoms with E-state index in [9.17, 15) is 14.0 Å². The molecule has 2 amide bonds. The summed E-state index contributed by atoms with van der Waals surface area (Å²) in [5.74, 6) is -0.785. The van der Waals surface area contributed by atoms with Crippen molar-refractivity contribution >= 4 is 11.8 Å². The minimum Gasteiger partial charge on any atom is -0.491 e. The number of fused-ring (bicyclic) bond motifs is 3. The van der Waals surface area contributed by atoms with Gasteiger partial charge in [-0.05, 0) is 31.0 Å². The largest absolute Gasteiger partial charge is 0.491 e. The van der Waals surface area contributed by atoms with E-state index in [4.69, 9.17) is 4.74 Å². The van der Waals surface area contributed by atoms with Gasteiger partial charge in [-0.15, -0.1) is 5.10 Å². The van der Waals surface area contributed by atoms with Crippen LogP contribution in [-0.2, 0) is 17.8 Å². The van der Waals surface area contributed by atoms with E-state index in [1.54, 1.807) is 10.9 Å². The molecule has 0 radical (unpaired) electrons. The van der Waals surface area contributed by atoms with Crippen LogP contribution in [0.3, 0.4) is 0 Å². The van der Waals surface area contributed by atoms with Crippen LogP contribution in [0, 0.1) is 5.82 Å². The van der Waals surface area contributed by atoms with Gasteiger partial charge >= 0.3 is 0 Å². The third kappa shape index (κ3) is 4.78. The van der Waals surface area contributed by atoms with E-state index in [0.717, 1.165) is 11.8 Å². The normalized spacial score (nSPS) is 16.7. The summed E-state index contributed by atoms with van der Waals surface area (Å²) >= 11 is 0. The van der Waals surface area contributed by atoms with Crippen molar-refractivity contribution in [1.82, 2.24) is 25.6 Å². The van der Waals surface area contributed by atoms with E-state index >= 15 is 0 Å². The van der Waals surface area contributed by atoms with Gasteiger partial charge in [0.1, 0.15) is 18.2 Å². The number of hydrogen-bond acceptors (Lipinski definition) is 5. The van der Waals surface area contributed by atoms with Crippen LogP contribution in [-0.4, -0.2) is 46.5 Å². The van der Waals surface area contributed by atoms with Gasteiger partial charge in [0.05, 0.1) is 17.8 Å². The van der Waals surface area contributed by atoms with E-state index in [1.165, 1.54) is 12.1 Å². The highest BCUT2D eigenvalue weighted by atomic mass is 19.1. The Morgan fingerprint density at radius 3 is 2.88 bits per heavy atom. The lowest BCUT2D eigenvalue weighted by Gasteiger charge is -2.12. The Kier molecular flexibility index (Phi) is 5.77. The Morgan fingerprint density at radius 1 is 1.15 bits per heavy atom. The molecule has 9 heteroatoms. The molecule has 0 saturated heterocycles. The number of rotatable bonds is 0. The van der Waals surface area contributed by atoms with Crippen molar-refractivity contribution in [3.8, 4) is 5.75 Å². The van der Waals surface area contributed by atoms with E-state index in [-0.39, 0.29) is 30.4 Å². The topological polar surface area (TPSA) is 98.1 Å². The zero-order chi connectivity index (χ0) is 18.4. The quantitative estimate of drug-likeness (QED) is 0.719. The van der Waals surface area contributed by atoms with Gasteiger partial charge in [-0.25, -0.2) is 9.07 Å². The number of carbonyl (C=O) groups is 2. The summed E-state index contributed by atoms with van der Waals surface area (Å²) in [6.45, 7) is 1.24. The zero-order valence-corrected chi connectivity index (χ0v) is 14.2. The van der Waals surface area contributed by atoms with Crippen LogP contribution in [0.1, 0.15) is 28.9 Å². The molecule has 1 aromatic carbocycles. The van der Waals surface area contributed by atoms with Crippen LogP contribution in [0.25, 0.3) is 0 Å². The third-order valence-corrected chi connectivity index (χ3v) is 3.92. The first-order chi connectivity index (χ1) is 12.6. The molecule has 0 spiro atoms. The molecule has 0 saturated carbocycles. The standard InChI is InChI=1S/C17H20FN5O3/c18-12-4-5-15-14(10-12)17(25)20-7-6-19-16(24)3-1-2-13-11-23(22-21-13)8-9-26-15/h4-5,10-11H,1-3,6-9H2,(H,19,24)(H,20,25). The average Bonchev–Trinajstić information content (AvgIpc) is 3.07. The highest BCUT2D eigenvalue weighted by Crippen LogP contribution is 2.20. The highest BCUT2D eigenvalue weighted by molar-refractivity contribution is 5.97. The van der Waals surface area contributed by atoms with Crippen LogP contribution in [0.2, 0.25) is 0 Å². The van der Waals surface area contributed by atoms with E-state index in [1.807, 2.05) is 0 Å². The van der Waals surface area contributed by atoms with Gasteiger partial charge in [0.2, 0.25) is 5.91 Å². The molecule has 2 N–H and O–H groups in total. The number of aryl methyl sites for hydroxylation is 1. The fourth-order valence-corrected chi connectivity index (χ4v) is 2.61. The molecule has 8 nitrogen and oxygen atoms in total. The Labute approximate surface area is 149 Å². The predicted octanol–water partition coefficient (Wildman–Crippen LogP) is 0.678. The fourth-order valence-electron chi connectivity index (χ4n) is 2.61. The molecule has 2 aromatic rings. The number of carbonyl (C=O) groups excluding carboxylic acids is 2. The van der Waals surface area contributed by atoms with Crippen molar-refractivity contribution in [1.29, 1.82) is 0 Å². The fraction of sp³-hybridized carbons (Fsp3) is 0.412. The molecule has 0 atom stereocenters. The van der Waals surface area contributed by atoms with Crippen molar-refractivity contribution in [3.05, 3.63) is 41.5 Å². The van der Waals surface area contributed by atoms with Gasteiger partial charge in [-0.1, -0.05) is 5.21 Å². The molecule has 0 fully saturated rings. The minimum atomic E-state index is -0.525. The van der Waals surface area contributed by atoms with Gasteiger partial charge in [-0.3, -0.25) is 9.59 Å². The smallest absolute Gasteiger partial charge is 0.255 e. The monoisotopic (exact) mass is 361 g/mol. The van der Waals surface area contributed by atoms with Crippen molar-refractivity contribution in [2.75, 3.05) is 19.7 Å². The van der Waals surface area contributed by atoms with Gasteiger partial charge < -0.3 is 15.4 Å². The molecular formula is C17H20FN5O3.